The standard InChI is InChI=1S/C14H16O3/c1-3-11-16-14(15)17-12(2)9-10-13-7-5-4-6-8-13/h3-10,12H,1,11H2,2H3. The van der Waals surface area contributed by atoms with Gasteiger partial charge in [0.2, 0.25) is 0 Å². The first-order chi connectivity index (χ1) is 8.22. The van der Waals surface area contributed by atoms with Crippen LogP contribution in [-0.4, -0.2) is 18.9 Å². The third-order valence-electron chi connectivity index (χ3n) is 1.96. The molecule has 0 aliphatic rings. The van der Waals surface area contributed by atoms with E-state index in [1.807, 2.05) is 36.4 Å². The molecule has 0 saturated carbocycles. The fraction of sp³-hybridized carbons (Fsp3) is 0.214. The molecule has 17 heavy (non-hydrogen) atoms. The summed E-state index contributed by atoms with van der Waals surface area (Å²) < 4.78 is 9.68. The van der Waals surface area contributed by atoms with Crippen molar-refractivity contribution in [3.63, 3.8) is 0 Å². The summed E-state index contributed by atoms with van der Waals surface area (Å²) in [6.45, 7) is 5.37. The molecule has 0 heterocycles. The van der Waals surface area contributed by atoms with Gasteiger partial charge in [-0.2, -0.15) is 0 Å². The van der Waals surface area contributed by atoms with Crippen LogP contribution in [-0.2, 0) is 9.47 Å². The zero-order chi connectivity index (χ0) is 12.5. The topological polar surface area (TPSA) is 35.5 Å². The Morgan fingerprint density at radius 3 is 2.76 bits per heavy atom. The number of carbonyl (C=O) groups excluding carboxylic acids is 1. The normalized spacial score (nSPS) is 12.1. The molecule has 1 atom stereocenters. The van der Waals surface area contributed by atoms with E-state index in [1.54, 1.807) is 13.0 Å². The maximum absolute atomic E-state index is 11.1. The molecule has 0 aliphatic heterocycles. The van der Waals surface area contributed by atoms with Crippen LogP contribution in [0.3, 0.4) is 0 Å². The molecule has 1 aromatic rings. The minimum absolute atomic E-state index is 0.161. The molecule has 0 bridgehead atoms. The van der Waals surface area contributed by atoms with Crippen molar-refractivity contribution in [2.45, 2.75) is 13.0 Å². The molecule has 0 aromatic heterocycles. The first-order valence-corrected chi connectivity index (χ1v) is 5.40. The van der Waals surface area contributed by atoms with Gasteiger partial charge in [0.15, 0.2) is 0 Å². The van der Waals surface area contributed by atoms with Crippen molar-refractivity contribution in [1.82, 2.24) is 0 Å². The minimum Gasteiger partial charge on any atom is -0.430 e. The summed E-state index contributed by atoms with van der Waals surface area (Å²) in [6, 6.07) is 9.79. The Bertz CT molecular complexity index is 382. The second kappa shape index (κ2) is 7.28. The molecule has 1 aromatic carbocycles. The van der Waals surface area contributed by atoms with Gasteiger partial charge in [0, 0.05) is 0 Å². The maximum atomic E-state index is 11.1. The van der Waals surface area contributed by atoms with E-state index in [1.165, 1.54) is 6.08 Å². The second-order valence-corrected chi connectivity index (χ2v) is 3.44. The summed E-state index contributed by atoms with van der Waals surface area (Å²) in [7, 11) is 0. The molecule has 0 amide bonds. The molecule has 1 unspecified atom stereocenters. The van der Waals surface area contributed by atoms with Gasteiger partial charge in [-0.1, -0.05) is 49.1 Å². The summed E-state index contributed by atoms with van der Waals surface area (Å²) in [5.74, 6) is 0. The molecule has 0 saturated heterocycles. The maximum Gasteiger partial charge on any atom is 0.509 e. The van der Waals surface area contributed by atoms with E-state index in [4.69, 9.17) is 9.47 Å². The van der Waals surface area contributed by atoms with E-state index >= 15 is 0 Å². The summed E-state index contributed by atoms with van der Waals surface area (Å²) in [4.78, 5) is 11.1. The average molecular weight is 232 g/mol. The highest BCUT2D eigenvalue weighted by molar-refractivity contribution is 5.61. The third-order valence-corrected chi connectivity index (χ3v) is 1.96. The summed E-state index contributed by atoms with van der Waals surface area (Å²) >= 11 is 0. The number of rotatable bonds is 5. The van der Waals surface area contributed by atoms with E-state index in [0.717, 1.165) is 5.56 Å². The molecule has 90 valence electrons. The molecule has 3 heteroatoms. The fourth-order valence-corrected chi connectivity index (χ4v) is 1.16. The highest BCUT2D eigenvalue weighted by Gasteiger charge is 2.06. The van der Waals surface area contributed by atoms with Crippen molar-refractivity contribution in [2.75, 3.05) is 6.61 Å². The third kappa shape index (κ3) is 5.56. The van der Waals surface area contributed by atoms with Crippen LogP contribution in [0.15, 0.2) is 49.1 Å². The van der Waals surface area contributed by atoms with Crippen molar-refractivity contribution in [1.29, 1.82) is 0 Å². The number of benzene rings is 1. The summed E-state index contributed by atoms with van der Waals surface area (Å²) in [6.07, 6.45) is 4.17. The minimum atomic E-state index is -0.685. The Morgan fingerprint density at radius 2 is 2.12 bits per heavy atom. The monoisotopic (exact) mass is 232 g/mol. The Balaban J connectivity index is 2.39. The van der Waals surface area contributed by atoms with Crippen molar-refractivity contribution >= 4 is 12.2 Å². The van der Waals surface area contributed by atoms with Crippen LogP contribution >= 0.6 is 0 Å². The van der Waals surface area contributed by atoms with Crippen molar-refractivity contribution in [2.24, 2.45) is 0 Å². The molecule has 0 N–H and O–H groups in total. The van der Waals surface area contributed by atoms with Gasteiger partial charge in [-0.25, -0.2) is 4.79 Å². The highest BCUT2D eigenvalue weighted by Crippen LogP contribution is 2.04. The zero-order valence-corrected chi connectivity index (χ0v) is 9.84. The van der Waals surface area contributed by atoms with Gasteiger partial charge in [-0.05, 0) is 18.6 Å². The van der Waals surface area contributed by atoms with E-state index in [0.29, 0.717) is 0 Å². The first kappa shape index (κ1) is 13.0. The van der Waals surface area contributed by atoms with E-state index in [9.17, 15) is 4.79 Å². The molecular weight excluding hydrogens is 216 g/mol. The van der Waals surface area contributed by atoms with E-state index in [2.05, 4.69) is 6.58 Å². The fourth-order valence-electron chi connectivity index (χ4n) is 1.16. The number of hydrogen-bond acceptors (Lipinski definition) is 3. The number of hydrogen-bond donors (Lipinski definition) is 0. The van der Waals surface area contributed by atoms with Crippen molar-refractivity contribution in [3.05, 3.63) is 54.6 Å². The Kier molecular flexibility index (Phi) is 5.58. The lowest BCUT2D eigenvalue weighted by Gasteiger charge is -2.08. The molecule has 3 nitrogen and oxygen atoms in total. The second-order valence-electron chi connectivity index (χ2n) is 3.44. The Labute approximate surface area is 101 Å². The SMILES string of the molecule is C=CCOC(=O)OC(C)C=Cc1ccccc1. The van der Waals surface area contributed by atoms with Gasteiger partial charge < -0.3 is 9.47 Å². The smallest absolute Gasteiger partial charge is 0.430 e. The molecule has 0 aliphatic carbocycles. The summed E-state index contributed by atoms with van der Waals surface area (Å²) in [5.41, 5.74) is 1.06. The van der Waals surface area contributed by atoms with Gasteiger partial charge >= 0.3 is 6.16 Å². The lowest BCUT2D eigenvalue weighted by atomic mass is 10.2. The first-order valence-electron chi connectivity index (χ1n) is 5.40. The quantitative estimate of drug-likeness (QED) is 0.576. The number of carbonyl (C=O) groups is 1. The van der Waals surface area contributed by atoms with Gasteiger partial charge in [0.05, 0.1) is 0 Å². The van der Waals surface area contributed by atoms with Crippen LogP contribution < -0.4 is 0 Å². The Morgan fingerprint density at radius 1 is 1.41 bits per heavy atom. The molecule has 1 rings (SSSR count). The van der Waals surface area contributed by atoms with E-state index < -0.39 is 6.16 Å². The predicted molar refractivity (Wildman–Crippen MR) is 67.6 cm³/mol. The highest BCUT2D eigenvalue weighted by atomic mass is 16.7. The predicted octanol–water partition coefficient (Wildman–Crippen LogP) is 3.43. The van der Waals surface area contributed by atoms with Crippen LogP contribution in [0.4, 0.5) is 4.79 Å². The van der Waals surface area contributed by atoms with Crippen LogP contribution in [0.5, 0.6) is 0 Å². The lowest BCUT2D eigenvalue weighted by Crippen LogP contribution is -2.14. The van der Waals surface area contributed by atoms with Gasteiger partial charge in [-0.3, -0.25) is 0 Å². The molecule has 0 fully saturated rings. The van der Waals surface area contributed by atoms with Crippen molar-refractivity contribution < 1.29 is 14.3 Å². The van der Waals surface area contributed by atoms with Crippen LogP contribution in [0, 0.1) is 0 Å². The summed E-state index contributed by atoms with van der Waals surface area (Å²) in [5, 5.41) is 0. The molecular formula is C14H16O3. The lowest BCUT2D eigenvalue weighted by molar-refractivity contribution is 0.0494. The van der Waals surface area contributed by atoms with Gasteiger partial charge in [0.25, 0.3) is 0 Å². The van der Waals surface area contributed by atoms with Crippen LogP contribution in [0.1, 0.15) is 12.5 Å². The average Bonchev–Trinajstić information content (AvgIpc) is 2.35. The zero-order valence-electron chi connectivity index (χ0n) is 9.84. The van der Waals surface area contributed by atoms with Crippen LogP contribution in [0.2, 0.25) is 0 Å². The van der Waals surface area contributed by atoms with Crippen molar-refractivity contribution in [3.8, 4) is 0 Å². The largest absolute Gasteiger partial charge is 0.509 e. The number of ether oxygens (including phenoxy) is 2. The van der Waals surface area contributed by atoms with Crippen LogP contribution in [0.25, 0.3) is 6.08 Å². The van der Waals surface area contributed by atoms with Gasteiger partial charge in [-0.15, -0.1) is 0 Å². The van der Waals surface area contributed by atoms with E-state index in [-0.39, 0.29) is 12.7 Å². The molecule has 0 radical (unpaired) electrons. The molecule has 0 spiro atoms. The Hall–Kier alpha value is -2.03. The van der Waals surface area contributed by atoms with Gasteiger partial charge in [0.1, 0.15) is 12.7 Å².